The Kier molecular flexibility index (Phi) is 7.87. The Morgan fingerprint density at radius 1 is 1.04 bits per heavy atom. The maximum absolute atomic E-state index is 12.6. The van der Waals surface area contributed by atoms with E-state index in [4.69, 9.17) is 0 Å². The number of rotatable bonds is 6. The molecular formula is C21H26NO2SY-. The summed E-state index contributed by atoms with van der Waals surface area (Å²) in [5.74, 6) is 0.201. The van der Waals surface area contributed by atoms with E-state index in [1.54, 1.807) is 4.31 Å². The molecule has 0 aromatic heterocycles. The Morgan fingerprint density at radius 2 is 1.65 bits per heavy atom. The third-order valence-corrected chi connectivity index (χ3v) is 6.71. The number of hydrogen-bond acceptors (Lipinski definition) is 2. The van der Waals surface area contributed by atoms with Gasteiger partial charge in [0.25, 0.3) is 0 Å². The van der Waals surface area contributed by atoms with E-state index in [-0.39, 0.29) is 44.5 Å². The second-order valence-electron chi connectivity index (χ2n) is 6.68. The van der Waals surface area contributed by atoms with Crippen LogP contribution in [0, 0.1) is 6.92 Å². The average Bonchev–Trinajstić information content (AvgIpc) is 2.95. The zero-order valence-corrected chi connectivity index (χ0v) is 19.1. The van der Waals surface area contributed by atoms with Crippen molar-refractivity contribution in [3.05, 3.63) is 72.1 Å². The summed E-state index contributed by atoms with van der Waals surface area (Å²) in [6.07, 6.45) is 4.73. The zero-order chi connectivity index (χ0) is 17.9. The van der Waals surface area contributed by atoms with Gasteiger partial charge in [0.2, 0.25) is 10.0 Å². The number of hydrogen-bond donors (Lipinski definition) is 0. The maximum atomic E-state index is 12.6. The number of nitrogens with zero attached hydrogens (tertiary/aromatic N) is 1. The van der Waals surface area contributed by atoms with Crippen LogP contribution in [-0.4, -0.2) is 14.2 Å². The van der Waals surface area contributed by atoms with Gasteiger partial charge in [0.05, 0.1) is 17.5 Å². The first kappa shape index (κ1) is 21.6. The largest absolute Gasteiger partial charge is 0.339 e. The van der Waals surface area contributed by atoms with Crippen molar-refractivity contribution in [3.63, 3.8) is 0 Å². The SMILES string of the molecule is [CH2-]Cc1ccc(C2CCS(=O)(=O)N2c2ccc(CCCC)cc2)cc1.[Y]. The van der Waals surface area contributed by atoms with Gasteiger partial charge in [-0.25, -0.2) is 8.42 Å². The summed E-state index contributed by atoms with van der Waals surface area (Å²) < 4.78 is 26.9. The number of sulfonamides is 1. The predicted molar refractivity (Wildman–Crippen MR) is 104 cm³/mol. The minimum absolute atomic E-state index is 0. The molecular weight excluding hydrogens is 419 g/mol. The van der Waals surface area contributed by atoms with Crippen LogP contribution in [0.25, 0.3) is 0 Å². The fraction of sp³-hybridized carbons (Fsp3) is 0.381. The van der Waals surface area contributed by atoms with Crippen molar-refractivity contribution in [1.29, 1.82) is 0 Å². The van der Waals surface area contributed by atoms with Gasteiger partial charge in [0, 0.05) is 32.7 Å². The van der Waals surface area contributed by atoms with Gasteiger partial charge in [0.1, 0.15) is 0 Å². The molecule has 5 heteroatoms. The molecule has 0 amide bonds. The molecule has 0 bridgehead atoms. The number of unbranched alkanes of at least 4 members (excludes halogenated alkanes) is 1. The van der Waals surface area contributed by atoms with Gasteiger partial charge in [-0.2, -0.15) is 6.42 Å². The van der Waals surface area contributed by atoms with E-state index < -0.39 is 10.0 Å². The molecule has 0 spiro atoms. The topological polar surface area (TPSA) is 37.4 Å². The molecule has 1 heterocycles. The second-order valence-corrected chi connectivity index (χ2v) is 8.64. The van der Waals surface area contributed by atoms with Gasteiger partial charge in [-0.1, -0.05) is 55.3 Å². The number of anilines is 1. The molecule has 1 saturated heterocycles. The van der Waals surface area contributed by atoms with Gasteiger partial charge in [-0.15, -0.1) is 0 Å². The molecule has 1 atom stereocenters. The molecule has 0 aliphatic carbocycles. The fourth-order valence-electron chi connectivity index (χ4n) is 3.41. The smallest absolute Gasteiger partial charge is 0.235 e. The molecule has 3 nitrogen and oxygen atoms in total. The summed E-state index contributed by atoms with van der Waals surface area (Å²) in [5.41, 5.74) is 4.24. The molecule has 137 valence electrons. The molecule has 1 unspecified atom stereocenters. The van der Waals surface area contributed by atoms with Crippen LogP contribution in [0.4, 0.5) is 5.69 Å². The molecule has 3 rings (SSSR count). The van der Waals surface area contributed by atoms with Crippen LogP contribution < -0.4 is 4.31 Å². The van der Waals surface area contributed by atoms with Crippen molar-refractivity contribution >= 4 is 15.7 Å². The van der Waals surface area contributed by atoms with E-state index in [1.165, 1.54) is 5.56 Å². The van der Waals surface area contributed by atoms with Crippen LogP contribution in [0.1, 0.15) is 48.9 Å². The van der Waals surface area contributed by atoms with Gasteiger partial charge in [-0.3, -0.25) is 4.31 Å². The van der Waals surface area contributed by atoms with Crippen LogP contribution in [0.3, 0.4) is 0 Å². The Morgan fingerprint density at radius 3 is 2.23 bits per heavy atom. The molecule has 1 radical (unpaired) electrons. The Hall–Kier alpha value is -0.706. The Labute approximate surface area is 183 Å². The molecule has 1 fully saturated rings. The van der Waals surface area contributed by atoms with E-state index in [0.29, 0.717) is 6.42 Å². The first-order chi connectivity index (χ1) is 12.0. The fourth-order valence-corrected chi connectivity index (χ4v) is 5.19. The molecule has 26 heavy (non-hydrogen) atoms. The minimum atomic E-state index is -3.26. The normalized spacial score (nSPS) is 18.5. The van der Waals surface area contributed by atoms with Crippen LogP contribution in [0.15, 0.2) is 48.5 Å². The summed E-state index contributed by atoms with van der Waals surface area (Å²) in [4.78, 5) is 0. The van der Waals surface area contributed by atoms with Gasteiger partial charge in [-0.05, 0) is 42.5 Å². The van der Waals surface area contributed by atoms with Crippen molar-refractivity contribution in [3.8, 4) is 0 Å². The molecule has 1 aliphatic rings. The van der Waals surface area contributed by atoms with Crippen LogP contribution in [0.5, 0.6) is 0 Å². The van der Waals surface area contributed by atoms with E-state index >= 15 is 0 Å². The summed E-state index contributed by atoms with van der Waals surface area (Å²) in [7, 11) is -3.26. The van der Waals surface area contributed by atoms with Crippen molar-refractivity contribution in [2.45, 2.75) is 45.1 Å². The molecule has 2 aromatic carbocycles. The first-order valence-electron chi connectivity index (χ1n) is 9.04. The molecule has 2 aromatic rings. The summed E-state index contributed by atoms with van der Waals surface area (Å²) in [5, 5.41) is 0. The quantitative estimate of drug-likeness (QED) is 0.606. The second kappa shape index (κ2) is 9.48. The van der Waals surface area contributed by atoms with Crippen LogP contribution in [0.2, 0.25) is 0 Å². The van der Waals surface area contributed by atoms with E-state index in [1.807, 2.05) is 36.4 Å². The van der Waals surface area contributed by atoms with Crippen LogP contribution in [-0.2, 0) is 55.6 Å². The summed E-state index contributed by atoms with van der Waals surface area (Å²) in [6.45, 7) is 6.07. The monoisotopic (exact) mass is 445 g/mol. The average molecular weight is 445 g/mol. The molecule has 0 saturated carbocycles. The zero-order valence-electron chi connectivity index (χ0n) is 15.4. The van der Waals surface area contributed by atoms with Crippen molar-refractivity contribution in [2.75, 3.05) is 10.1 Å². The van der Waals surface area contributed by atoms with Gasteiger partial charge < -0.3 is 6.92 Å². The van der Waals surface area contributed by atoms with Crippen molar-refractivity contribution in [2.24, 2.45) is 0 Å². The Balaban J connectivity index is 0.00000243. The van der Waals surface area contributed by atoms with Crippen molar-refractivity contribution < 1.29 is 41.1 Å². The van der Waals surface area contributed by atoms with E-state index in [0.717, 1.165) is 42.5 Å². The third kappa shape index (κ3) is 4.76. The van der Waals surface area contributed by atoms with Crippen LogP contribution >= 0.6 is 0 Å². The van der Waals surface area contributed by atoms with Gasteiger partial charge >= 0.3 is 0 Å². The van der Waals surface area contributed by atoms with E-state index in [9.17, 15) is 8.42 Å². The first-order valence-corrected chi connectivity index (χ1v) is 10.6. The minimum Gasteiger partial charge on any atom is -0.339 e. The summed E-state index contributed by atoms with van der Waals surface area (Å²) in [6, 6.07) is 16.0. The van der Waals surface area contributed by atoms with Gasteiger partial charge in [0.15, 0.2) is 0 Å². The van der Waals surface area contributed by atoms with Crippen molar-refractivity contribution in [1.82, 2.24) is 0 Å². The Bertz CT molecular complexity index is 801. The van der Waals surface area contributed by atoms with E-state index in [2.05, 4.69) is 26.0 Å². The maximum Gasteiger partial charge on any atom is 0.235 e. The molecule has 0 N–H and O–H groups in total. The molecule has 1 aliphatic heterocycles. The third-order valence-electron chi connectivity index (χ3n) is 4.89. The predicted octanol–water partition coefficient (Wildman–Crippen LogP) is 4.68. The number of benzene rings is 2. The summed E-state index contributed by atoms with van der Waals surface area (Å²) >= 11 is 0. The number of aryl methyl sites for hydroxylation is 1. The standard InChI is InChI=1S/C21H26NO2S.Y/c1-3-5-6-18-9-13-20(14-10-18)22-21(15-16-25(22,23)24)19-11-7-17(4-2)8-12-19;/h7-14,21H,2-6,15-16H2,1H3;/q-1;.